The van der Waals surface area contributed by atoms with Gasteiger partial charge in [0.15, 0.2) is 0 Å². The molecule has 1 atom stereocenters. The third-order valence-corrected chi connectivity index (χ3v) is 3.01. The number of pyridine rings is 1. The summed E-state index contributed by atoms with van der Waals surface area (Å²) in [5.74, 6) is -1.21. The lowest BCUT2D eigenvalue weighted by Crippen LogP contribution is -2.28. The molecule has 20 heavy (non-hydrogen) atoms. The standard InChI is InChI=1S/C15H16N2O3/c1-9-7-12(11-5-3-4-6-13(11)16-9)14(8-15(19)20)17-10(2)18/h3-7,14H,8H2,1-2H3,(H,17,18)(H,19,20)/t14-/m0/s1. The number of amides is 1. The molecule has 104 valence electrons. The molecule has 2 rings (SSSR count). The summed E-state index contributed by atoms with van der Waals surface area (Å²) in [6, 6.07) is 8.77. The summed E-state index contributed by atoms with van der Waals surface area (Å²) in [6.45, 7) is 3.23. The van der Waals surface area contributed by atoms with Crippen LogP contribution in [0.3, 0.4) is 0 Å². The van der Waals surface area contributed by atoms with E-state index in [-0.39, 0.29) is 12.3 Å². The number of benzene rings is 1. The third kappa shape index (κ3) is 3.12. The fourth-order valence-corrected chi connectivity index (χ4v) is 2.29. The number of nitrogens with one attached hydrogen (secondary N) is 1. The number of hydrogen-bond acceptors (Lipinski definition) is 3. The van der Waals surface area contributed by atoms with E-state index in [1.807, 2.05) is 37.3 Å². The summed E-state index contributed by atoms with van der Waals surface area (Å²) < 4.78 is 0. The molecule has 2 N–H and O–H groups in total. The second kappa shape index (κ2) is 5.69. The molecule has 0 radical (unpaired) electrons. The zero-order valence-corrected chi connectivity index (χ0v) is 11.4. The van der Waals surface area contributed by atoms with Crippen LogP contribution in [-0.4, -0.2) is 22.0 Å². The van der Waals surface area contributed by atoms with Gasteiger partial charge in [0.2, 0.25) is 5.91 Å². The van der Waals surface area contributed by atoms with Crippen molar-refractivity contribution in [3.05, 3.63) is 41.6 Å². The molecule has 1 amide bonds. The molecule has 1 heterocycles. The average Bonchev–Trinajstić information content (AvgIpc) is 2.35. The molecule has 0 aliphatic rings. The third-order valence-electron chi connectivity index (χ3n) is 3.01. The van der Waals surface area contributed by atoms with Crippen molar-refractivity contribution in [3.8, 4) is 0 Å². The number of aromatic nitrogens is 1. The molecule has 5 nitrogen and oxygen atoms in total. The highest BCUT2D eigenvalue weighted by molar-refractivity contribution is 5.85. The van der Waals surface area contributed by atoms with Crippen LogP contribution < -0.4 is 5.32 Å². The number of para-hydroxylation sites is 1. The molecular formula is C15H16N2O3. The van der Waals surface area contributed by atoms with Crippen LogP contribution in [-0.2, 0) is 9.59 Å². The van der Waals surface area contributed by atoms with Gasteiger partial charge >= 0.3 is 5.97 Å². The van der Waals surface area contributed by atoms with E-state index in [4.69, 9.17) is 5.11 Å². The van der Waals surface area contributed by atoms with Crippen LogP contribution in [0.15, 0.2) is 30.3 Å². The Labute approximate surface area is 116 Å². The Bertz CT molecular complexity index is 651. The average molecular weight is 272 g/mol. The van der Waals surface area contributed by atoms with E-state index < -0.39 is 12.0 Å². The maximum absolute atomic E-state index is 11.3. The van der Waals surface area contributed by atoms with Gasteiger partial charge in [-0.1, -0.05) is 18.2 Å². The molecule has 0 fully saturated rings. The van der Waals surface area contributed by atoms with E-state index in [1.165, 1.54) is 6.92 Å². The minimum Gasteiger partial charge on any atom is -0.481 e. The molecule has 1 aromatic heterocycles. The van der Waals surface area contributed by atoms with Crippen LogP contribution in [0.4, 0.5) is 0 Å². The van der Waals surface area contributed by atoms with E-state index in [0.717, 1.165) is 22.2 Å². The van der Waals surface area contributed by atoms with Crippen LogP contribution in [0.25, 0.3) is 10.9 Å². The second-order valence-corrected chi connectivity index (χ2v) is 4.72. The first-order chi connectivity index (χ1) is 9.47. The number of hydrogen-bond donors (Lipinski definition) is 2. The summed E-state index contributed by atoms with van der Waals surface area (Å²) in [7, 11) is 0. The van der Waals surface area contributed by atoms with Crippen LogP contribution in [0, 0.1) is 6.92 Å². The first-order valence-electron chi connectivity index (χ1n) is 6.32. The van der Waals surface area contributed by atoms with Crippen molar-refractivity contribution >= 4 is 22.8 Å². The summed E-state index contributed by atoms with van der Waals surface area (Å²) in [4.78, 5) is 26.7. The number of aryl methyl sites for hydroxylation is 1. The zero-order chi connectivity index (χ0) is 14.7. The zero-order valence-electron chi connectivity index (χ0n) is 11.4. The van der Waals surface area contributed by atoms with Crippen molar-refractivity contribution in [2.75, 3.05) is 0 Å². The van der Waals surface area contributed by atoms with E-state index >= 15 is 0 Å². The lowest BCUT2D eigenvalue weighted by Gasteiger charge is -2.19. The molecular weight excluding hydrogens is 256 g/mol. The van der Waals surface area contributed by atoms with Crippen molar-refractivity contribution in [3.63, 3.8) is 0 Å². The fraction of sp³-hybridized carbons (Fsp3) is 0.267. The highest BCUT2D eigenvalue weighted by atomic mass is 16.4. The SMILES string of the molecule is CC(=O)N[C@@H](CC(=O)O)c1cc(C)nc2ccccc12. The van der Waals surface area contributed by atoms with Crippen LogP contribution in [0.1, 0.15) is 30.6 Å². The largest absolute Gasteiger partial charge is 0.481 e. The lowest BCUT2D eigenvalue weighted by atomic mass is 9.98. The molecule has 0 aliphatic carbocycles. The van der Waals surface area contributed by atoms with E-state index in [1.54, 1.807) is 0 Å². The first-order valence-corrected chi connectivity index (χ1v) is 6.32. The quantitative estimate of drug-likeness (QED) is 0.894. The Morgan fingerprint density at radius 2 is 2.05 bits per heavy atom. The normalized spacial score (nSPS) is 12.1. The molecule has 0 unspecified atom stereocenters. The second-order valence-electron chi connectivity index (χ2n) is 4.72. The van der Waals surface area contributed by atoms with Gasteiger partial charge in [-0.3, -0.25) is 14.6 Å². The van der Waals surface area contributed by atoms with Gasteiger partial charge in [-0.05, 0) is 24.6 Å². The number of fused-ring (bicyclic) bond motifs is 1. The molecule has 0 spiro atoms. The summed E-state index contributed by atoms with van der Waals surface area (Å²) in [5.41, 5.74) is 2.37. The summed E-state index contributed by atoms with van der Waals surface area (Å²) in [6.07, 6.45) is -0.160. The number of carboxylic acid groups (broad SMARTS) is 1. The molecule has 5 heteroatoms. The van der Waals surface area contributed by atoms with Gasteiger partial charge in [0.1, 0.15) is 0 Å². The number of rotatable bonds is 4. The maximum atomic E-state index is 11.3. The fourth-order valence-electron chi connectivity index (χ4n) is 2.29. The number of aliphatic carboxylic acids is 1. The highest BCUT2D eigenvalue weighted by Crippen LogP contribution is 2.26. The monoisotopic (exact) mass is 272 g/mol. The Balaban J connectivity index is 2.56. The lowest BCUT2D eigenvalue weighted by molar-refractivity contribution is -0.137. The predicted octanol–water partition coefficient (Wildman–Crippen LogP) is 2.20. The van der Waals surface area contributed by atoms with Crippen molar-refractivity contribution in [1.29, 1.82) is 0 Å². The van der Waals surface area contributed by atoms with Crippen LogP contribution in [0.5, 0.6) is 0 Å². The van der Waals surface area contributed by atoms with E-state index in [9.17, 15) is 9.59 Å². The van der Waals surface area contributed by atoms with Gasteiger partial charge < -0.3 is 10.4 Å². The van der Waals surface area contributed by atoms with Gasteiger partial charge in [-0.2, -0.15) is 0 Å². The van der Waals surface area contributed by atoms with Crippen LogP contribution >= 0.6 is 0 Å². The van der Waals surface area contributed by atoms with Crippen molar-refractivity contribution in [2.45, 2.75) is 26.3 Å². The Hall–Kier alpha value is -2.43. The van der Waals surface area contributed by atoms with Gasteiger partial charge in [-0.15, -0.1) is 0 Å². The molecule has 0 bridgehead atoms. The Morgan fingerprint density at radius 3 is 2.70 bits per heavy atom. The molecule has 0 saturated carbocycles. The molecule has 0 aliphatic heterocycles. The van der Waals surface area contributed by atoms with Gasteiger partial charge in [0, 0.05) is 18.0 Å². The number of carbonyl (C=O) groups excluding carboxylic acids is 1. The maximum Gasteiger partial charge on any atom is 0.305 e. The van der Waals surface area contributed by atoms with Gasteiger partial charge in [-0.25, -0.2) is 0 Å². The number of nitrogens with zero attached hydrogens (tertiary/aromatic N) is 1. The molecule has 2 aromatic rings. The molecule has 0 saturated heterocycles. The van der Waals surface area contributed by atoms with Gasteiger partial charge in [0.25, 0.3) is 0 Å². The Morgan fingerprint density at radius 1 is 1.35 bits per heavy atom. The predicted molar refractivity (Wildman–Crippen MR) is 75.3 cm³/mol. The topological polar surface area (TPSA) is 79.3 Å². The van der Waals surface area contributed by atoms with Gasteiger partial charge in [0.05, 0.1) is 18.0 Å². The number of carbonyl (C=O) groups is 2. The minimum atomic E-state index is -0.956. The van der Waals surface area contributed by atoms with E-state index in [2.05, 4.69) is 10.3 Å². The highest BCUT2D eigenvalue weighted by Gasteiger charge is 2.19. The number of carboxylic acids is 1. The Kier molecular flexibility index (Phi) is 3.98. The van der Waals surface area contributed by atoms with Crippen molar-refractivity contribution < 1.29 is 14.7 Å². The van der Waals surface area contributed by atoms with Crippen molar-refractivity contribution in [1.82, 2.24) is 10.3 Å². The molecule has 1 aromatic carbocycles. The first kappa shape index (κ1) is 14.0. The van der Waals surface area contributed by atoms with E-state index in [0.29, 0.717) is 0 Å². The van der Waals surface area contributed by atoms with Crippen molar-refractivity contribution in [2.24, 2.45) is 0 Å². The summed E-state index contributed by atoms with van der Waals surface area (Å²) >= 11 is 0. The smallest absolute Gasteiger partial charge is 0.305 e. The minimum absolute atomic E-state index is 0.160. The van der Waals surface area contributed by atoms with Crippen LogP contribution in [0.2, 0.25) is 0 Å². The summed E-state index contributed by atoms with van der Waals surface area (Å²) in [5, 5.41) is 12.6.